The second kappa shape index (κ2) is 7.07. The molecule has 1 aliphatic heterocycles. The van der Waals surface area contributed by atoms with Crippen LogP contribution in [0.2, 0.25) is 0 Å². The van der Waals surface area contributed by atoms with E-state index in [4.69, 9.17) is 4.74 Å². The Kier molecular flexibility index (Phi) is 5.63. The third-order valence-electron chi connectivity index (χ3n) is 4.64. The van der Waals surface area contributed by atoms with Crippen LogP contribution in [0.25, 0.3) is 0 Å². The summed E-state index contributed by atoms with van der Waals surface area (Å²) >= 11 is 0. The summed E-state index contributed by atoms with van der Waals surface area (Å²) in [5.41, 5.74) is -0.731. The Labute approximate surface area is 128 Å². The second-order valence-corrected chi connectivity index (χ2v) is 6.78. The lowest BCUT2D eigenvalue weighted by Crippen LogP contribution is -2.53. The van der Waals surface area contributed by atoms with Crippen molar-refractivity contribution >= 4 is 5.97 Å². The predicted molar refractivity (Wildman–Crippen MR) is 82.5 cm³/mol. The molecule has 2 fully saturated rings. The largest absolute Gasteiger partial charge is 0.480 e. The van der Waals surface area contributed by atoms with Gasteiger partial charge in [-0.05, 0) is 52.5 Å². The van der Waals surface area contributed by atoms with E-state index in [9.17, 15) is 9.90 Å². The van der Waals surface area contributed by atoms with E-state index in [1.165, 1.54) is 0 Å². The average molecular weight is 298 g/mol. The third-order valence-corrected chi connectivity index (χ3v) is 4.64. The lowest BCUT2D eigenvalue weighted by atomic mass is 9.90. The Balaban J connectivity index is 1.82. The van der Waals surface area contributed by atoms with Gasteiger partial charge in [-0.15, -0.1) is 0 Å². The van der Waals surface area contributed by atoms with E-state index in [1.807, 2.05) is 6.92 Å². The SMILES string of the molecule is CCC(CCCN1CC(C)OC(C)C1)(NC1CC1)C(=O)O. The van der Waals surface area contributed by atoms with Crippen LogP contribution in [0.5, 0.6) is 0 Å². The summed E-state index contributed by atoms with van der Waals surface area (Å²) in [7, 11) is 0. The molecule has 0 aromatic carbocycles. The van der Waals surface area contributed by atoms with Gasteiger partial charge in [0.25, 0.3) is 0 Å². The van der Waals surface area contributed by atoms with E-state index >= 15 is 0 Å². The van der Waals surface area contributed by atoms with Crippen LogP contribution in [0.4, 0.5) is 0 Å². The first kappa shape index (κ1) is 16.7. The van der Waals surface area contributed by atoms with E-state index in [0.717, 1.165) is 38.9 Å². The van der Waals surface area contributed by atoms with E-state index in [-0.39, 0.29) is 12.2 Å². The molecule has 0 aromatic heterocycles. The Morgan fingerprint density at radius 2 is 1.95 bits per heavy atom. The number of rotatable bonds is 8. The second-order valence-electron chi connectivity index (χ2n) is 6.78. The molecule has 2 rings (SSSR count). The molecule has 122 valence electrons. The number of nitrogens with one attached hydrogen (secondary N) is 1. The molecule has 5 nitrogen and oxygen atoms in total. The lowest BCUT2D eigenvalue weighted by Gasteiger charge is -2.36. The highest BCUT2D eigenvalue weighted by Crippen LogP contribution is 2.27. The Bertz CT molecular complexity index is 349. The minimum absolute atomic E-state index is 0.272. The van der Waals surface area contributed by atoms with Crippen molar-refractivity contribution in [3.8, 4) is 0 Å². The maximum absolute atomic E-state index is 11.7. The van der Waals surface area contributed by atoms with Gasteiger partial charge in [-0.3, -0.25) is 15.0 Å². The summed E-state index contributed by atoms with van der Waals surface area (Å²) < 4.78 is 5.74. The molecule has 0 bridgehead atoms. The fourth-order valence-electron chi connectivity index (χ4n) is 3.36. The fraction of sp³-hybridized carbons (Fsp3) is 0.938. The van der Waals surface area contributed by atoms with Gasteiger partial charge in [0.2, 0.25) is 0 Å². The summed E-state index contributed by atoms with van der Waals surface area (Å²) in [5, 5.41) is 13.0. The van der Waals surface area contributed by atoms with Crippen LogP contribution in [0.3, 0.4) is 0 Å². The fourth-order valence-corrected chi connectivity index (χ4v) is 3.36. The number of carboxylic acid groups (broad SMARTS) is 1. The molecule has 1 aliphatic carbocycles. The number of ether oxygens (including phenoxy) is 1. The number of nitrogens with zero attached hydrogens (tertiary/aromatic N) is 1. The Hall–Kier alpha value is -0.650. The highest BCUT2D eigenvalue weighted by atomic mass is 16.5. The van der Waals surface area contributed by atoms with Crippen molar-refractivity contribution in [1.29, 1.82) is 0 Å². The van der Waals surface area contributed by atoms with Crippen LogP contribution in [0.1, 0.15) is 52.9 Å². The van der Waals surface area contributed by atoms with Gasteiger partial charge in [0.15, 0.2) is 0 Å². The van der Waals surface area contributed by atoms with Crippen molar-refractivity contribution in [3.63, 3.8) is 0 Å². The highest BCUT2D eigenvalue weighted by Gasteiger charge is 2.40. The summed E-state index contributed by atoms with van der Waals surface area (Å²) in [4.78, 5) is 14.1. The molecule has 1 saturated heterocycles. The van der Waals surface area contributed by atoms with Crippen LogP contribution >= 0.6 is 0 Å². The topological polar surface area (TPSA) is 61.8 Å². The zero-order chi connectivity index (χ0) is 15.5. The number of hydrogen-bond acceptors (Lipinski definition) is 4. The van der Waals surface area contributed by atoms with Crippen molar-refractivity contribution in [1.82, 2.24) is 10.2 Å². The van der Waals surface area contributed by atoms with Gasteiger partial charge in [-0.25, -0.2) is 0 Å². The van der Waals surface area contributed by atoms with Crippen molar-refractivity contribution in [2.75, 3.05) is 19.6 Å². The zero-order valence-corrected chi connectivity index (χ0v) is 13.6. The van der Waals surface area contributed by atoms with Gasteiger partial charge in [0.05, 0.1) is 12.2 Å². The molecule has 3 atom stereocenters. The lowest BCUT2D eigenvalue weighted by molar-refractivity contribution is -0.145. The molecule has 0 spiro atoms. The first-order chi connectivity index (χ1) is 9.95. The minimum atomic E-state index is -0.731. The van der Waals surface area contributed by atoms with Gasteiger partial charge >= 0.3 is 5.97 Å². The number of carboxylic acids is 1. The standard InChI is InChI=1S/C16H30N2O3/c1-4-16(15(19)20,17-14-6-7-14)8-5-9-18-10-12(2)21-13(3)11-18/h12-14,17H,4-11H2,1-3H3,(H,19,20). The molecule has 2 N–H and O–H groups in total. The maximum atomic E-state index is 11.7. The molecule has 1 saturated carbocycles. The first-order valence-electron chi connectivity index (χ1n) is 8.34. The normalized spacial score (nSPS) is 30.0. The quantitative estimate of drug-likeness (QED) is 0.716. The monoisotopic (exact) mass is 298 g/mol. The van der Waals surface area contributed by atoms with Gasteiger partial charge in [0.1, 0.15) is 5.54 Å². The van der Waals surface area contributed by atoms with Gasteiger partial charge in [0, 0.05) is 19.1 Å². The molecule has 0 radical (unpaired) electrons. The zero-order valence-electron chi connectivity index (χ0n) is 13.6. The highest BCUT2D eigenvalue weighted by molar-refractivity contribution is 5.78. The number of carbonyl (C=O) groups is 1. The first-order valence-corrected chi connectivity index (χ1v) is 8.34. The molecule has 5 heteroatoms. The van der Waals surface area contributed by atoms with E-state index in [1.54, 1.807) is 0 Å². The molecular weight excluding hydrogens is 268 g/mol. The molecule has 21 heavy (non-hydrogen) atoms. The summed E-state index contributed by atoms with van der Waals surface area (Å²) in [6.07, 6.45) is 5.05. The van der Waals surface area contributed by atoms with Crippen molar-refractivity contribution in [2.24, 2.45) is 0 Å². The summed E-state index contributed by atoms with van der Waals surface area (Å²) in [5.74, 6) is -0.694. The van der Waals surface area contributed by atoms with Crippen LogP contribution in [-0.2, 0) is 9.53 Å². The molecular formula is C16H30N2O3. The third kappa shape index (κ3) is 4.66. The Morgan fingerprint density at radius 3 is 2.43 bits per heavy atom. The van der Waals surface area contributed by atoms with E-state index in [2.05, 4.69) is 24.1 Å². The van der Waals surface area contributed by atoms with Crippen molar-refractivity contribution in [2.45, 2.75) is 76.7 Å². The summed E-state index contributed by atoms with van der Waals surface area (Å²) in [6, 6.07) is 0.421. The molecule has 2 aliphatic rings. The van der Waals surface area contributed by atoms with Gasteiger partial charge < -0.3 is 9.84 Å². The van der Waals surface area contributed by atoms with E-state index in [0.29, 0.717) is 18.9 Å². The van der Waals surface area contributed by atoms with Crippen molar-refractivity contribution in [3.05, 3.63) is 0 Å². The van der Waals surface area contributed by atoms with Crippen LogP contribution in [-0.4, -0.2) is 59.4 Å². The molecule has 1 heterocycles. The van der Waals surface area contributed by atoms with Crippen LogP contribution < -0.4 is 5.32 Å². The van der Waals surface area contributed by atoms with Crippen molar-refractivity contribution < 1.29 is 14.6 Å². The van der Waals surface area contributed by atoms with Gasteiger partial charge in [-0.1, -0.05) is 6.92 Å². The molecule has 0 aromatic rings. The number of hydrogen-bond donors (Lipinski definition) is 2. The maximum Gasteiger partial charge on any atom is 0.323 e. The Morgan fingerprint density at radius 1 is 1.33 bits per heavy atom. The smallest absolute Gasteiger partial charge is 0.323 e. The molecule has 3 unspecified atom stereocenters. The minimum Gasteiger partial charge on any atom is -0.480 e. The summed E-state index contributed by atoms with van der Waals surface area (Å²) in [6.45, 7) is 9.04. The number of aliphatic carboxylic acids is 1. The van der Waals surface area contributed by atoms with Crippen LogP contribution in [0.15, 0.2) is 0 Å². The van der Waals surface area contributed by atoms with E-state index < -0.39 is 11.5 Å². The average Bonchev–Trinajstić information content (AvgIpc) is 3.20. The van der Waals surface area contributed by atoms with Crippen LogP contribution in [0, 0.1) is 0 Å². The molecule has 0 amide bonds. The number of morpholine rings is 1. The van der Waals surface area contributed by atoms with Gasteiger partial charge in [-0.2, -0.15) is 0 Å². The predicted octanol–water partition coefficient (Wildman–Crippen LogP) is 1.86.